The van der Waals surface area contributed by atoms with Crippen molar-refractivity contribution in [1.29, 1.82) is 5.26 Å². The minimum absolute atomic E-state index is 0.163. The zero-order valence-electron chi connectivity index (χ0n) is 15.2. The van der Waals surface area contributed by atoms with Crippen molar-refractivity contribution < 1.29 is 4.79 Å². The van der Waals surface area contributed by atoms with E-state index in [0.717, 1.165) is 22.3 Å². The molecule has 1 N–H and O–H groups in total. The Morgan fingerprint density at radius 1 is 1.37 bits per heavy atom. The van der Waals surface area contributed by atoms with Gasteiger partial charge in [0.15, 0.2) is 10.1 Å². The molecule has 0 bridgehead atoms. The smallest absolute Gasteiger partial charge is 0.206 e. The molecule has 0 atom stereocenters. The summed E-state index contributed by atoms with van der Waals surface area (Å²) >= 11 is 4.19. The number of hydrogen-bond acceptors (Lipinski definition) is 9. The molecule has 0 amide bonds. The third kappa shape index (κ3) is 4.64. The molecule has 0 radical (unpaired) electrons. The molecule has 2 heterocycles. The molecule has 0 aliphatic carbocycles. The number of nitrogens with one attached hydrogen (secondary N) is 1. The molecule has 0 saturated heterocycles. The molecule has 0 fully saturated rings. The zero-order valence-corrected chi connectivity index (χ0v) is 17.7. The number of aromatic nitrogens is 2. The number of carbonyl (C=O) groups excluding carboxylic acids is 1. The van der Waals surface area contributed by atoms with Crippen molar-refractivity contribution in [1.82, 2.24) is 10.2 Å². The van der Waals surface area contributed by atoms with Gasteiger partial charge in [-0.2, -0.15) is 5.26 Å². The van der Waals surface area contributed by atoms with Gasteiger partial charge in [0.05, 0.1) is 11.4 Å². The molecule has 140 valence electrons. The largest absolute Gasteiger partial charge is 0.360 e. The highest BCUT2D eigenvalue weighted by molar-refractivity contribution is 8.04. The van der Waals surface area contributed by atoms with Gasteiger partial charge in [-0.3, -0.25) is 4.79 Å². The first-order valence-electron chi connectivity index (χ1n) is 8.38. The van der Waals surface area contributed by atoms with Gasteiger partial charge in [-0.15, -0.1) is 10.2 Å². The second-order valence-corrected chi connectivity index (χ2v) is 9.51. The van der Waals surface area contributed by atoms with Crippen LogP contribution < -0.4 is 10.2 Å². The van der Waals surface area contributed by atoms with Gasteiger partial charge in [-0.05, 0) is 18.1 Å². The number of Topliss-reactive ketones (excluding diaryl/α,β-unsaturated/α-hetero) is 1. The highest BCUT2D eigenvalue weighted by Crippen LogP contribution is 2.46. The fraction of sp³-hybridized carbons (Fsp3) is 0.333. The Bertz CT molecular complexity index is 916. The second-order valence-electron chi connectivity index (χ2n) is 6.28. The van der Waals surface area contributed by atoms with Crippen LogP contribution in [-0.2, 0) is 4.79 Å². The standard InChI is InChI=1S/C18H19N5OS3/c1-11(2)9-20-17-21-22-18(27-17)25-10-14(24)12(8-19)16-23(3)13-6-4-5-7-15(13)26-16/h4-7,11H,9-10H2,1-3H3,(H,20,21)/b16-12+. The number of para-hydroxylation sites is 1. The van der Waals surface area contributed by atoms with Gasteiger partial charge < -0.3 is 10.2 Å². The lowest BCUT2D eigenvalue weighted by Gasteiger charge is -2.14. The fourth-order valence-corrected chi connectivity index (χ4v) is 5.17. The number of hydrogen-bond donors (Lipinski definition) is 1. The van der Waals surface area contributed by atoms with E-state index < -0.39 is 0 Å². The number of anilines is 2. The monoisotopic (exact) mass is 417 g/mol. The molecule has 0 saturated carbocycles. The van der Waals surface area contributed by atoms with Crippen LogP contribution in [0.15, 0.2) is 44.1 Å². The molecule has 1 aliphatic rings. The maximum atomic E-state index is 12.7. The first-order valence-corrected chi connectivity index (χ1v) is 11.0. The number of nitriles is 1. The van der Waals surface area contributed by atoms with E-state index >= 15 is 0 Å². The van der Waals surface area contributed by atoms with E-state index in [9.17, 15) is 10.1 Å². The molecular formula is C18H19N5OS3. The first kappa shape index (κ1) is 19.7. The number of ketones is 1. The van der Waals surface area contributed by atoms with E-state index in [-0.39, 0.29) is 17.1 Å². The predicted octanol–water partition coefficient (Wildman–Crippen LogP) is 4.24. The summed E-state index contributed by atoms with van der Waals surface area (Å²) in [6.07, 6.45) is 0. The van der Waals surface area contributed by atoms with Crippen molar-refractivity contribution in [3.63, 3.8) is 0 Å². The minimum Gasteiger partial charge on any atom is -0.360 e. The van der Waals surface area contributed by atoms with Gasteiger partial charge >= 0.3 is 0 Å². The van der Waals surface area contributed by atoms with E-state index in [1.807, 2.05) is 36.2 Å². The summed E-state index contributed by atoms with van der Waals surface area (Å²) in [5.41, 5.74) is 1.20. The van der Waals surface area contributed by atoms with Gasteiger partial charge in [0.25, 0.3) is 0 Å². The van der Waals surface area contributed by atoms with Crippen molar-refractivity contribution in [2.75, 3.05) is 29.6 Å². The lowest BCUT2D eigenvalue weighted by molar-refractivity contribution is -0.112. The van der Waals surface area contributed by atoms with E-state index in [4.69, 9.17) is 0 Å². The van der Waals surface area contributed by atoms with Crippen molar-refractivity contribution in [2.45, 2.75) is 23.1 Å². The fourth-order valence-electron chi connectivity index (χ4n) is 2.38. The number of allylic oxidation sites excluding steroid dienone is 1. The lowest BCUT2D eigenvalue weighted by Crippen LogP contribution is -2.16. The van der Waals surface area contributed by atoms with Crippen LogP contribution >= 0.6 is 34.9 Å². The molecule has 6 nitrogen and oxygen atoms in total. The van der Waals surface area contributed by atoms with E-state index in [0.29, 0.717) is 15.3 Å². The molecule has 1 aromatic heterocycles. The number of fused-ring (bicyclic) bond motifs is 1. The molecule has 3 rings (SSSR count). The van der Waals surface area contributed by atoms with Crippen molar-refractivity contribution in [2.24, 2.45) is 5.92 Å². The summed E-state index contributed by atoms with van der Waals surface area (Å²) < 4.78 is 0.715. The quantitative estimate of drug-likeness (QED) is 0.407. The van der Waals surface area contributed by atoms with Crippen LogP contribution in [0.4, 0.5) is 10.8 Å². The summed E-state index contributed by atoms with van der Waals surface area (Å²) in [6.45, 7) is 5.07. The van der Waals surface area contributed by atoms with Gasteiger partial charge in [0.1, 0.15) is 16.7 Å². The predicted molar refractivity (Wildman–Crippen MR) is 112 cm³/mol. The minimum atomic E-state index is -0.198. The van der Waals surface area contributed by atoms with Crippen molar-refractivity contribution in [3.05, 3.63) is 34.9 Å². The third-order valence-electron chi connectivity index (χ3n) is 3.74. The average molecular weight is 418 g/mol. The lowest BCUT2D eigenvalue weighted by atomic mass is 10.2. The first-order chi connectivity index (χ1) is 13.0. The number of thioether (sulfide) groups is 2. The van der Waals surface area contributed by atoms with Gasteiger partial charge in [0, 0.05) is 18.5 Å². The number of nitrogens with zero attached hydrogens (tertiary/aromatic N) is 4. The average Bonchev–Trinajstić information content (AvgIpc) is 3.24. The van der Waals surface area contributed by atoms with Crippen LogP contribution in [0.2, 0.25) is 0 Å². The summed E-state index contributed by atoms with van der Waals surface area (Å²) in [4.78, 5) is 15.6. The van der Waals surface area contributed by atoms with Gasteiger partial charge in [-0.1, -0.05) is 60.8 Å². The molecular weight excluding hydrogens is 398 g/mol. The Labute approximate surface area is 171 Å². The summed E-state index contributed by atoms with van der Waals surface area (Å²) in [6, 6.07) is 9.96. The Hall–Kier alpha value is -2.02. The second kappa shape index (κ2) is 8.78. The molecule has 1 aromatic carbocycles. The SMILES string of the molecule is CC(C)CNc1nnc(SCC(=O)/C(C#N)=C2/Sc3ccccc3N2C)s1. The summed E-state index contributed by atoms with van der Waals surface area (Å²) in [5.74, 6) is 0.480. The molecule has 9 heteroatoms. The van der Waals surface area contributed by atoms with Gasteiger partial charge in [-0.25, -0.2) is 0 Å². The van der Waals surface area contributed by atoms with Crippen LogP contribution in [0.5, 0.6) is 0 Å². The van der Waals surface area contributed by atoms with Crippen LogP contribution in [0, 0.1) is 17.2 Å². The molecule has 0 spiro atoms. The maximum Gasteiger partial charge on any atom is 0.206 e. The van der Waals surface area contributed by atoms with E-state index in [1.54, 1.807) is 0 Å². The normalized spacial score (nSPS) is 14.9. The third-order valence-corrected chi connectivity index (χ3v) is 6.99. The maximum absolute atomic E-state index is 12.7. The van der Waals surface area contributed by atoms with Crippen LogP contribution in [0.25, 0.3) is 0 Å². The number of rotatable bonds is 7. The molecule has 0 unspecified atom stereocenters. The molecule has 1 aliphatic heterocycles. The van der Waals surface area contributed by atoms with Gasteiger partial charge in [0.2, 0.25) is 5.13 Å². The number of benzene rings is 1. The Morgan fingerprint density at radius 3 is 2.85 bits per heavy atom. The van der Waals surface area contributed by atoms with E-state index in [1.165, 1.54) is 34.9 Å². The Morgan fingerprint density at radius 2 is 2.15 bits per heavy atom. The van der Waals surface area contributed by atoms with E-state index in [2.05, 4.69) is 35.4 Å². The summed E-state index contributed by atoms with van der Waals surface area (Å²) in [5, 5.41) is 22.4. The molecule has 27 heavy (non-hydrogen) atoms. The number of carbonyl (C=O) groups is 1. The zero-order chi connectivity index (χ0) is 19.4. The highest BCUT2D eigenvalue weighted by Gasteiger charge is 2.27. The highest BCUT2D eigenvalue weighted by atomic mass is 32.2. The van der Waals surface area contributed by atoms with Crippen molar-refractivity contribution in [3.8, 4) is 6.07 Å². The topological polar surface area (TPSA) is 81.9 Å². The van der Waals surface area contributed by atoms with Crippen molar-refractivity contribution >= 4 is 51.5 Å². The van der Waals surface area contributed by atoms with Crippen LogP contribution in [0.3, 0.4) is 0 Å². The Kier molecular flexibility index (Phi) is 6.42. The molecule has 2 aromatic rings. The Balaban J connectivity index is 1.66. The summed E-state index contributed by atoms with van der Waals surface area (Å²) in [7, 11) is 1.88. The van der Waals surface area contributed by atoms with Crippen LogP contribution in [-0.4, -0.2) is 35.3 Å². The van der Waals surface area contributed by atoms with Crippen LogP contribution in [0.1, 0.15) is 13.8 Å².